The van der Waals surface area contributed by atoms with Gasteiger partial charge in [0, 0.05) is 24.9 Å². The van der Waals surface area contributed by atoms with E-state index in [9.17, 15) is 0 Å². The van der Waals surface area contributed by atoms with Gasteiger partial charge in [0.1, 0.15) is 7.40 Å². The van der Waals surface area contributed by atoms with Crippen LogP contribution in [0.15, 0.2) is 48.5 Å². The number of hydrogen-bond donors (Lipinski definition) is 0. The van der Waals surface area contributed by atoms with E-state index in [-0.39, 0.29) is 0 Å². The smallest absolute Gasteiger partial charge is 0.131 e. The third kappa shape index (κ3) is 2.98. The lowest BCUT2D eigenvalue weighted by atomic mass is 10.3. The van der Waals surface area contributed by atoms with Crippen molar-refractivity contribution in [3.05, 3.63) is 55.9 Å². The van der Waals surface area contributed by atoms with E-state index in [0.29, 0.717) is 0 Å². The maximum absolute atomic E-state index is 4.32. The van der Waals surface area contributed by atoms with E-state index < -0.39 is 0 Å². The van der Waals surface area contributed by atoms with Crippen molar-refractivity contribution in [1.29, 1.82) is 0 Å². The predicted octanol–water partition coefficient (Wildman–Crippen LogP) is 4.36. The van der Waals surface area contributed by atoms with E-state index in [1.54, 1.807) is 0 Å². The molecule has 4 rings (SSSR count). The summed E-state index contributed by atoms with van der Waals surface area (Å²) in [5, 5.41) is 11.1. The summed E-state index contributed by atoms with van der Waals surface area (Å²) in [7, 11) is 3.92. The monoisotopic (exact) mass is 516 g/mol. The lowest BCUT2D eigenvalue weighted by Crippen LogP contribution is -1.91. The predicted molar refractivity (Wildman–Crippen MR) is 107 cm³/mol. The molecule has 112 valence electrons. The van der Waals surface area contributed by atoms with Crippen molar-refractivity contribution >= 4 is 67.0 Å². The van der Waals surface area contributed by atoms with Gasteiger partial charge in [-0.15, -0.1) is 0 Å². The van der Waals surface area contributed by atoms with Crippen LogP contribution in [0.25, 0.3) is 21.8 Å². The third-order valence-corrected chi connectivity index (χ3v) is 5.46. The van der Waals surface area contributed by atoms with Crippen LogP contribution in [0.5, 0.6) is 0 Å². The molecule has 0 aliphatic rings. The van der Waals surface area contributed by atoms with Crippen molar-refractivity contribution in [3.8, 4) is 0 Å². The fourth-order valence-electron chi connectivity index (χ4n) is 2.28. The number of benzene rings is 2. The van der Waals surface area contributed by atoms with Crippen LogP contribution in [-0.4, -0.2) is 19.6 Å². The Labute approximate surface area is 155 Å². The summed E-state index contributed by atoms with van der Waals surface area (Å²) in [4.78, 5) is 0. The van der Waals surface area contributed by atoms with Crippen LogP contribution >= 0.6 is 45.2 Å². The normalized spacial score (nSPS) is 10.7. The molecule has 6 heteroatoms. The summed E-state index contributed by atoms with van der Waals surface area (Å²) in [6.07, 6.45) is 0. The van der Waals surface area contributed by atoms with Gasteiger partial charge in [0.2, 0.25) is 0 Å². The standard InChI is InChI=1S/2C8H7IN2/c1-11-7-5-3-2-4-6(7)8(9)10-11;1-11-8(9)6-4-2-3-5-7(6)10-11/h2*2-5H,1H3. The van der Waals surface area contributed by atoms with Gasteiger partial charge in [-0.25, -0.2) is 0 Å². The number of nitrogens with zero attached hydrogens (tertiary/aromatic N) is 4. The minimum Gasteiger partial charge on any atom is -0.267 e. The van der Waals surface area contributed by atoms with Crippen LogP contribution < -0.4 is 0 Å². The van der Waals surface area contributed by atoms with Gasteiger partial charge in [0.25, 0.3) is 0 Å². The SMILES string of the molecule is Cn1nc(I)c2ccccc21.Cn1nc2ccccc2c1I. The molecule has 0 amide bonds. The molecule has 0 bridgehead atoms. The molecule has 2 aromatic heterocycles. The van der Waals surface area contributed by atoms with Crippen molar-refractivity contribution in [2.75, 3.05) is 0 Å². The van der Waals surface area contributed by atoms with Crippen LogP contribution in [-0.2, 0) is 14.1 Å². The first-order valence-electron chi connectivity index (χ1n) is 6.72. The summed E-state index contributed by atoms with van der Waals surface area (Å²) >= 11 is 4.55. The summed E-state index contributed by atoms with van der Waals surface area (Å²) in [6, 6.07) is 16.4. The average molecular weight is 516 g/mol. The van der Waals surface area contributed by atoms with E-state index in [4.69, 9.17) is 0 Å². The molecule has 0 atom stereocenters. The van der Waals surface area contributed by atoms with Crippen molar-refractivity contribution < 1.29 is 0 Å². The Hall–Kier alpha value is -1.16. The van der Waals surface area contributed by atoms with Gasteiger partial charge in [0.15, 0.2) is 0 Å². The van der Waals surface area contributed by atoms with Gasteiger partial charge >= 0.3 is 0 Å². The van der Waals surface area contributed by atoms with Gasteiger partial charge < -0.3 is 0 Å². The highest BCUT2D eigenvalue weighted by atomic mass is 127. The minimum atomic E-state index is 1.07. The highest BCUT2D eigenvalue weighted by Gasteiger charge is 2.03. The van der Waals surface area contributed by atoms with E-state index >= 15 is 0 Å². The summed E-state index contributed by atoms with van der Waals surface area (Å²) < 4.78 is 6.06. The zero-order valence-electron chi connectivity index (χ0n) is 12.2. The molecule has 0 radical (unpaired) electrons. The molecular formula is C16H14I2N4. The number of aryl methyl sites for hydroxylation is 2. The molecule has 0 saturated carbocycles. The fourth-order valence-corrected chi connectivity index (χ4v) is 3.63. The zero-order valence-corrected chi connectivity index (χ0v) is 16.5. The van der Waals surface area contributed by atoms with E-state index in [0.717, 1.165) is 9.22 Å². The molecule has 0 aliphatic heterocycles. The van der Waals surface area contributed by atoms with Crippen molar-refractivity contribution in [2.24, 2.45) is 14.1 Å². The fraction of sp³-hybridized carbons (Fsp3) is 0.125. The lowest BCUT2D eigenvalue weighted by Gasteiger charge is -1.89. The second-order valence-corrected chi connectivity index (χ2v) is 6.91. The number of halogens is 2. The molecule has 2 heterocycles. The quantitative estimate of drug-likeness (QED) is 0.326. The highest BCUT2D eigenvalue weighted by Crippen LogP contribution is 2.19. The molecule has 4 nitrogen and oxygen atoms in total. The van der Waals surface area contributed by atoms with Gasteiger partial charge in [-0.2, -0.15) is 10.2 Å². The molecule has 2 aromatic carbocycles. The summed E-state index contributed by atoms with van der Waals surface area (Å²) in [5.41, 5.74) is 2.26. The molecule has 0 saturated heterocycles. The second kappa shape index (κ2) is 6.53. The lowest BCUT2D eigenvalue weighted by molar-refractivity contribution is 0.759. The second-order valence-electron chi connectivity index (χ2n) is 4.86. The number of aromatic nitrogens is 4. The zero-order chi connectivity index (χ0) is 15.7. The van der Waals surface area contributed by atoms with Crippen molar-refractivity contribution in [2.45, 2.75) is 0 Å². The van der Waals surface area contributed by atoms with Gasteiger partial charge in [-0.1, -0.05) is 36.4 Å². The molecule has 0 spiro atoms. The Morgan fingerprint density at radius 3 is 2.09 bits per heavy atom. The molecule has 22 heavy (non-hydrogen) atoms. The Kier molecular flexibility index (Phi) is 4.67. The largest absolute Gasteiger partial charge is 0.267 e. The van der Waals surface area contributed by atoms with E-state index in [2.05, 4.69) is 73.6 Å². The molecule has 0 unspecified atom stereocenters. The number of rotatable bonds is 0. The van der Waals surface area contributed by atoms with Gasteiger partial charge in [0.05, 0.1) is 11.0 Å². The molecule has 4 aromatic rings. The topological polar surface area (TPSA) is 35.6 Å². The summed E-state index contributed by atoms with van der Waals surface area (Å²) in [5.74, 6) is 0. The summed E-state index contributed by atoms with van der Waals surface area (Å²) in [6.45, 7) is 0. The first-order chi connectivity index (χ1) is 10.6. The van der Waals surface area contributed by atoms with Gasteiger partial charge in [-0.3, -0.25) is 9.36 Å². The third-order valence-electron chi connectivity index (χ3n) is 3.38. The maximum atomic E-state index is 4.32. The number of hydrogen-bond acceptors (Lipinski definition) is 2. The van der Waals surface area contributed by atoms with E-state index in [1.165, 1.54) is 20.0 Å². The Bertz CT molecular complexity index is 896. The molecule has 0 N–H and O–H groups in total. The van der Waals surface area contributed by atoms with Crippen LogP contribution in [0.1, 0.15) is 0 Å². The van der Waals surface area contributed by atoms with E-state index in [1.807, 2.05) is 53.8 Å². The first-order valence-corrected chi connectivity index (χ1v) is 8.88. The molecule has 0 fully saturated rings. The molecule has 0 aliphatic carbocycles. The Morgan fingerprint density at radius 1 is 0.773 bits per heavy atom. The van der Waals surface area contributed by atoms with Crippen molar-refractivity contribution in [1.82, 2.24) is 19.6 Å². The minimum absolute atomic E-state index is 1.07. The van der Waals surface area contributed by atoms with Crippen LogP contribution in [0.4, 0.5) is 0 Å². The Morgan fingerprint density at radius 2 is 1.41 bits per heavy atom. The number of fused-ring (bicyclic) bond motifs is 2. The average Bonchev–Trinajstić information content (AvgIpc) is 2.98. The molecular weight excluding hydrogens is 502 g/mol. The first kappa shape index (κ1) is 15.7. The van der Waals surface area contributed by atoms with Gasteiger partial charge in [-0.05, 0) is 57.3 Å². The number of para-hydroxylation sites is 1. The van der Waals surface area contributed by atoms with Crippen LogP contribution in [0, 0.1) is 7.40 Å². The van der Waals surface area contributed by atoms with Crippen LogP contribution in [0.2, 0.25) is 0 Å². The Balaban J connectivity index is 0.000000131. The highest BCUT2D eigenvalue weighted by molar-refractivity contribution is 14.1. The maximum Gasteiger partial charge on any atom is 0.131 e. The van der Waals surface area contributed by atoms with Crippen molar-refractivity contribution in [3.63, 3.8) is 0 Å². The van der Waals surface area contributed by atoms with Crippen LogP contribution in [0.3, 0.4) is 0 Å².